The highest BCUT2D eigenvalue weighted by Crippen LogP contribution is 2.40. The molecule has 4 heterocycles. The molecule has 0 aliphatic carbocycles. The molecule has 0 spiro atoms. The molecule has 4 bridgehead atoms. The fraction of sp³-hybridized carbons (Fsp3) is 0.727. The Morgan fingerprint density at radius 1 is 0.983 bits per heavy atom. The minimum atomic E-state index is -1.85. The lowest BCUT2D eigenvalue weighted by Crippen LogP contribution is -2.60. The number of cyclic esters (lactones) is 1. The number of benzene rings is 1. The average Bonchev–Trinajstić information content (AvgIpc) is 3.22. The second kappa shape index (κ2) is 19.2. The summed E-state index contributed by atoms with van der Waals surface area (Å²) in [5.74, 6) is -5.74. The quantitative estimate of drug-likeness (QED) is 0.301. The van der Waals surface area contributed by atoms with Crippen LogP contribution in [0.3, 0.4) is 0 Å². The van der Waals surface area contributed by atoms with Gasteiger partial charge in [0.05, 0.1) is 37.1 Å². The molecular weight excluding hydrogens is 776 g/mol. The third kappa shape index (κ3) is 10.2. The predicted octanol–water partition coefficient (Wildman–Crippen LogP) is 3.23. The predicted molar refractivity (Wildman–Crippen MR) is 221 cm³/mol. The monoisotopic (exact) mass is 842 g/mol. The van der Waals surface area contributed by atoms with Crippen LogP contribution in [0, 0.1) is 23.7 Å². The summed E-state index contributed by atoms with van der Waals surface area (Å²) in [7, 11) is 7.06. The number of esters is 1. The van der Waals surface area contributed by atoms with E-state index in [1.165, 1.54) is 18.7 Å². The Labute approximate surface area is 353 Å². The highest BCUT2D eigenvalue weighted by atomic mass is 16.7. The molecule has 1 aromatic carbocycles. The highest BCUT2D eigenvalue weighted by molar-refractivity contribution is 6.01. The van der Waals surface area contributed by atoms with E-state index >= 15 is 0 Å². The van der Waals surface area contributed by atoms with Crippen molar-refractivity contribution in [3.63, 3.8) is 0 Å². The van der Waals surface area contributed by atoms with Gasteiger partial charge in [0, 0.05) is 49.7 Å². The van der Waals surface area contributed by atoms with E-state index in [0.29, 0.717) is 23.3 Å². The van der Waals surface area contributed by atoms with Gasteiger partial charge in [-0.2, -0.15) is 0 Å². The van der Waals surface area contributed by atoms with Crippen LogP contribution in [0.15, 0.2) is 34.4 Å². The Bertz CT molecular complexity index is 1780. The number of aliphatic hydroxyl groups is 2. The number of hydrogen-bond donors (Lipinski definition) is 2. The first-order chi connectivity index (χ1) is 28.1. The van der Waals surface area contributed by atoms with Gasteiger partial charge in [0.25, 0.3) is 11.8 Å². The summed E-state index contributed by atoms with van der Waals surface area (Å²) >= 11 is 0. The van der Waals surface area contributed by atoms with Gasteiger partial charge in [-0.3, -0.25) is 19.2 Å². The third-order valence-corrected chi connectivity index (χ3v) is 12.7. The van der Waals surface area contributed by atoms with E-state index in [9.17, 15) is 29.4 Å². The first-order valence-corrected chi connectivity index (χ1v) is 21.1. The number of aliphatic imine (C=N–C) groups is 1. The van der Waals surface area contributed by atoms with E-state index in [2.05, 4.69) is 5.16 Å². The van der Waals surface area contributed by atoms with Crippen molar-refractivity contribution in [3.8, 4) is 0 Å². The van der Waals surface area contributed by atoms with Crippen molar-refractivity contribution < 1.29 is 57.9 Å². The van der Waals surface area contributed by atoms with Crippen molar-refractivity contribution in [2.45, 2.75) is 141 Å². The van der Waals surface area contributed by atoms with Crippen molar-refractivity contribution in [2.24, 2.45) is 33.8 Å². The molecular formula is C44H66N4O12. The van der Waals surface area contributed by atoms with E-state index in [-0.39, 0.29) is 56.2 Å². The molecule has 4 aliphatic heterocycles. The SMILES string of the molecule is CC[C@H]1OC(=O)[C@H](C)C(=O)[C@H](C)[C@@H](O[C@@H]2O[C@H](C)C[C@H](N(C)C)[C@H]2O)[C@@]2(C)C[C@@H](C)C3=NC(=O)C(Cc4ccc(C(=O)N(C)C)cc4)O/N=C(/CO[C@H]([C@H]3C)[C@]1(C)O)CO2. The van der Waals surface area contributed by atoms with Gasteiger partial charge in [0.2, 0.25) is 6.10 Å². The molecule has 0 aromatic heterocycles. The number of hydrogen-bond acceptors (Lipinski definition) is 14. The van der Waals surface area contributed by atoms with Crippen LogP contribution in [0.4, 0.5) is 0 Å². The molecule has 16 nitrogen and oxygen atoms in total. The maximum Gasteiger partial charge on any atom is 0.316 e. The van der Waals surface area contributed by atoms with Gasteiger partial charge in [-0.15, -0.1) is 0 Å². The summed E-state index contributed by atoms with van der Waals surface area (Å²) in [5, 5.41) is 28.5. The van der Waals surface area contributed by atoms with Crippen LogP contribution in [-0.4, -0.2) is 157 Å². The Kier molecular flexibility index (Phi) is 15.2. The lowest BCUT2D eigenvalue weighted by atomic mass is 9.73. The summed E-state index contributed by atoms with van der Waals surface area (Å²) in [5.41, 5.74) is -1.48. The van der Waals surface area contributed by atoms with Crippen LogP contribution in [0.5, 0.6) is 0 Å². The molecule has 1 aromatic rings. The van der Waals surface area contributed by atoms with Crippen molar-refractivity contribution in [1.82, 2.24) is 9.80 Å². The number of carbonyl (C=O) groups excluding carboxylic acids is 4. The van der Waals surface area contributed by atoms with Gasteiger partial charge >= 0.3 is 5.97 Å². The number of rotatable bonds is 7. The van der Waals surface area contributed by atoms with E-state index in [0.717, 1.165) is 0 Å². The zero-order valence-corrected chi connectivity index (χ0v) is 37.2. The van der Waals surface area contributed by atoms with Gasteiger partial charge < -0.3 is 48.5 Å². The summed E-state index contributed by atoms with van der Waals surface area (Å²) in [4.78, 5) is 69.5. The van der Waals surface area contributed by atoms with Gasteiger partial charge in [0.15, 0.2) is 12.1 Å². The molecule has 5 rings (SSSR count). The number of oxime groups is 1. The van der Waals surface area contributed by atoms with Crippen LogP contribution >= 0.6 is 0 Å². The van der Waals surface area contributed by atoms with Crippen LogP contribution in [0.25, 0.3) is 0 Å². The fourth-order valence-electron chi connectivity index (χ4n) is 9.19. The van der Waals surface area contributed by atoms with E-state index in [1.54, 1.807) is 66.1 Å². The Balaban J connectivity index is 1.67. The summed E-state index contributed by atoms with van der Waals surface area (Å²) in [6.45, 7) is 13.3. The van der Waals surface area contributed by atoms with Crippen LogP contribution in [0.2, 0.25) is 0 Å². The minimum absolute atomic E-state index is 0.0732. The topological polar surface area (TPSA) is 195 Å². The molecule has 16 heteroatoms. The number of nitrogens with zero attached hydrogens (tertiary/aromatic N) is 4. The first-order valence-electron chi connectivity index (χ1n) is 21.1. The van der Waals surface area contributed by atoms with Gasteiger partial charge in [-0.1, -0.05) is 45.0 Å². The number of likely N-dealkylation sites (N-methyl/N-ethyl adjacent to an activating group) is 1. The van der Waals surface area contributed by atoms with E-state index in [4.69, 9.17) is 33.5 Å². The Hall–Kier alpha value is -3.64. The number of carbonyl (C=O) groups is 4. The van der Waals surface area contributed by atoms with Crippen LogP contribution < -0.4 is 0 Å². The maximum atomic E-state index is 14.5. The normalized spacial score (nSPS) is 39.4. The molecule has 4 aliphatic rings. The van der Waals surface area contributed by atoms with Gasteiger partial charge in [-0.05, 0) is 84.7 Å². The highest BCUT2D eigenvalue weighted by Gasteiger charge is 2.53. The molecule has 2 amide bonds. The van der Waals surface area contributed by atoms with Crippen molar-refractivity contribution in [1.29, 1.82) is 0 Å². The largest absolute Gasteiger partial charge is 0.459 e. The first kappa shape index (κ1) is 47.4. The molecule has 3 saturated heterocycles. The van der Waals surface area contributed by atoms with E-state index in [1.807, 2.05) is 32.8 Å². The zero-order valence-electron chi connectivity index (χ0n) is 37.2. The molecule has 2 N–H and O–H groups in total. The van der Waals surface area contributed by atoms with Crippen molar-refractivity contribution in [3.05, 3.63) is 35.4 Å². The number of ether oxygens (including phenoxy) is 5. The van der Waals surface area contributed by atoms with Crippen LogP contribution in [-0.2, 0) is 49.3 Å². The lowest BCUT2D eigenvalue weighted by Gasteiger charge is -2.47. The van der Waals surface area contributed by atoms with Gasteiger partial charge in [-0.25, -0.2) is 4.99 Å². The molecule has 0 radical (unpaired) electrons. The maximum absolute atomic E-state index is 14.5. The summed E-state index contributed by atoms with van der Waals surface area (Å²) in [6.07, 6.45) is -6.23. The second-order valence-electron chi connectivity index (χ2n) is 18.1. The minimum Gasteiger partial charge on any atom is -0.459 e. The lowest BCUT2D eigenvalue weighted by molar-refractivity contribution is -0.296. The number of ketones is 1. The number of amides is 2. The molecule has 334 valence electrons. The number of fused-ring (bicyclic) bond motifs is 4. The zero-order chi connectivity index (χ0) is 44.4. The number of aliphatic hydroxyl groups excluding tert-OH is 1. The third-order valence-electron chi connectivity index (χ3n) is 12.7. The Morgan fingerprint density at radius 2 is 1.65 bits per heavy atom. The smallest absolute Gasteiger partial charge is 0.316 e. The van der Waals surface area contributed by atoms with Gasteiger partial charge in [0.1, 0.15) is 29.4 Å². The molecule has 3 fully saturated rings. The number of Topliss-reactive ketones (excluding diaryl/α,β-unsaturated/α-hetero) is 1. The molecule has 60 heavy (non-hydrogen) atoms. The standard InChI is InChI=1S/C44H66N4O12/c1-13-33-44(8,54)38-25(4)34-23(2)20-43(7,37(26(5)35(49)27(6)41(53)58-33)59-42-36(50)31(47(9)10)18-24(3)57-42)56-22-30(21-55-38)46-60-32(39(51)45-34)19-28-14-16-29(17-15-28)40(52)48(11)12/h14-17,23-27,31-33,36-38,42,50,54H,13,18-22H2,1-12H3/b45-34?,46-30-/t23-,24-,25+,26+,27-,31+,32?,33-,36-,37-,38-,42+,43-,44-/m1/s1. The fourth-order valence-corrected chi connectivity index (χ4v) is 9.19. The summed E-state index contributed by atoms with van der Waals surface area (Å²) in [6, 6.07) is 6.55. The van der Waals surface area contributed by atoms with Crippen LogP contribution in [0.1, 0.15) is 90.6 Å². The van der Waals surface area contributed by atoms with E-state index < -0.39 is 89.3 Å². The van der Waals surface area contributed by atoms with Crippen molar-refractivity contribution in [2.75, 3.05) is 41.4 Å². The average molecular weight is 843 g/mol. The molecule has 1 unspecified atom stereocenters. The second-order valence-corrected chi connectivity index (χ2v) is 18.1. The molecule has 0 saturated carbocycles. The molecule has 14 atom stereocenters. The summed E-state index contributed by atoms with van der Waals surface area (Å²) < 4.78 is 32.4. The van der Waals surface area contributed by atoms with Crippen molar-refractivity contribution >= 4 is 35.0 Å². The Morgan fingerprint density at radius 3 is 2.27 bits per heavy atom.